The summed E-state index contributed by atoms with van der Waals surface area (Å²) in [5.41, 5.74) is -1.08. The second kappa shape index (κ2) is 6.34. The number of hydrogen-bond donors (Lipinski definition) is 2. The Bertz CT molecular complexity index is 401. The quantitative estimate of drug-likeness (QED) is 0.784. The van der Waals surface area contributed by atoms with Gasteiger partial charge in [0, 0.05) is 0 Å². The normalized spacial score (nSPS) is 36.0. The Balaban J connectivity index is 2.13. The number of carbonyl (C=O) groups is 2. The molecule has 4 unspecified atom stereocenters. The summed E-state index contributed by atoms with van der Waals surface area (Å²) >= 11 is 0. The number of carboxylic acid groups (broad SMARTS) is 1. The highest BCUT2D eigenvalue weighted by molar-refractivity contribution is 5.88. The second-order valence-corrected chi connectivity index (χ2v) is 6.72. The second-order valence-electron chi connectivity index (χ2n) is 6.72. The lowest BCUT2D eigenvalue weighted by molar-refractivity contribution is -0.149. The van der Waals surface area contributed by atoms with Gasteiger partial charge in [-0.05, 0) is 32.6 Å². The molecule has 2 N–H and O–H groups in total. The molecule has 1 aliphatic carbocycles. The van der Waals surface area contributed by atoms with Crippen LogP contribution in [-0.2, 0) is 14.3 Å². The summed E-state index contributed by atoms with van der Waals surface area (Å²) in [4.78, 5) is 24.4. The van der Waals surface area contributed by atoms with Gasteiger partial charge in [-0.25, -0.2) is 4.79 Å². The van der Waals surface area contributed by atoms with Crippen LogP contribution in [0, 0.1) is 11.8 Å². The predicted octanol–water partition coefficient (Wildman–Crippen LogP) is 2.34. The lowest BCUT2D eigenvalue weighted by Crippen LogP contribution is -2.56. The molecular formula is C16H27NO4. The van der Waals surface area contributed by atoms with Crippen molar-refractivity contribution >= 4 is 11.9 Å². The number of carboxylic acids is 1. The summed E-state index contributed by atoms with van der Waals surface area (Å²) in [7, 11) is 0. The Morgan fingerprint density at radius 2 is 1.62 bits per heavy atom. The highest BCUT2D eigenvalue weighted by Crippen LogP contribution is 2.34. The minimum atomic E-state index is -1.08. The maximum atomic E-state index is 12.6. The molecule has 0 bridgehead atoms. The van der Waals surface area contributed by atoms with Gasteiger partial charge in [0.15, 0.2) is 0 Å². The van der Waals surface area contributed by atoms with E-state index in [1.54, 1.807) is 0 Å². The zero-order chi connectivity index (χ0) is 15.6. The average molecular weight is 297 g/mol. The van der Waals surface area contributed by atoms with E-state index in [1.165, 1.54) is 0 Å². The van der Waals surface area contributed by atoms with Crippen molar-refractivity contribution in [3.8, 4) is 0 Å². The van der Waals surface area contributed by atoms with Crippen LogP contribution in [0.3, 0.4) is 0 Å². The minimum Gasteiger partial charge on any atom is -0.480 e. The lowest BCUT2D eigenvalue weighted by Gasteiger charge is -2.31. The van der Waals surface area contributed by atoms with Crippen molar-refractivity contribution in [3.05, 3.63) is 0 Å². The third kappa shape index (κ3) is 3.23. The number of aliphatic carboxylic acids is 1. The van der Waals surface area contributed by atoms with Gasteiger partial charge in [0.2, 0.25) is 5.91 Å². The predicted molar refractivity (Wildman–Crippen MR) is 78.9 cm³/mol. The maximum absolute atomic E-state index is 12.6. The number of ether oxygens (including phenoxy) is 1. The summed E-state index contributed by atoms with van der Waals surface area (Å²) in [6.45, 7) is 5.86. The average Bonchev–Trinajstić information content (AvgIpc) is 2.59. The number of carbonyl (C=O) groups excluding carboxylic acids is 1. The number of amides is 1. The van der Waals surface area contributed by atoms with Gasteiger partial charge in [-0.3, -0.25) is 4.79 Å². The van der Waals surface area contributed by atoms with Crippen molar-refractivity contribution in [3.63, 3.8) is 0 Å². The molecule has 0 aromatic rings. The molecule has 0 aromatic carbocycles. The molecule has 0 spiro atoms. The standard InChI is InChI=1S/C16H27NO4/c1-10-11(2)21-12(3)13(10)14(18)17-16(15(19)20)8-6-4-5-7-9-16/h10-13H,4-9H2,1-3H3,(H,17,18)(H,19,20). The molecule has 2 rings (SSSR count). The topological polar surface area (TPSA) is 75.6 Å². The summed E-state index contributed by atoms with van der Waals surface area (Å²) in [6.07, 6.45) is 4.73. The summed E-state index contributed by atoms with van der Waals surface area (Å²) < 4.78 is 5.71. The van der Waals surface area contributed by atoms with E-state index in [1.807, 2.05) is 20.8 Å². The highest BCUT2D eigenvalue weighted by Gasteiger charge is 2.46. The number of hydrogen-bond acceptors (Lipinski definition) is 3. The van der Waals surface area contributed by atoms with Crippen LogP contribution in [0.2, 0.25) is 0 Å². The molecule has 0 radical (unpaired) electrons. The largest absolute Gasteiger partial charge is 0.480 e. The van der Waals surface area contributed by atoms with E-state index in [4.69, 9.17) is 4.74 Å². The van der Waals surface area contributed by atoms with Gasteiger partial charge < -0.3 is 15.2 Å². The molecule has 4 atom stereocenters. The Morgan fingerprint density at radius 1 is 1.05 bits per heavy atom. The van der Waals surface area contributed by atoms with Crippen molar-refractivity contribution in [1.29, 1.82) is 0 Å². The van der Waals surface area contributed by atoms with E-state index in [0.29, 0.717) is 12.8 Å². The zero-order valence-electron chi connectivity index (χ0n) is 13.2. The van der Waals surface area contributed by atoms with Crippen molar-refractivity contribution < 1.29 is 19.4 Å². The minimum absolute atomic E-state index is 0.0330. The first-order valence-electron chi connectivity index (χ1n) is 8.08. The molecule has 1 saturated heterocycles. The molecule has 2 fully saturated rings. The molecular weight excluding hydrogens is 270 g/mol. The van der Waals surface area contributed by atoms with Crippen LogP contribution in [0.25, 0.3) is 0 Å². The molecule has 5 heteroatoms. The van der Waals surface area contributed by atoms with E-state index in [9.17, 15) is 14.7 Å². The van der Waals surface area contributed by atoms with Crippen LogP contribution in [0.15, 0.2) is 0 Å². The third-order valence-electron chi connectivity index (χ3n) is 5.27. The van der Waals surface area contributed by atoms with E-state index in [-0.39, 0.29) is 30.0 Å². The smallest absolute Gasteiger partial charge is 0.329 e. The molecule has 21 heavy (non-hydrogen) atoms. The Morgan fingerprint density at radius 3 is 2.05 bits per heavy atom. The van der Waals surface area contributed by atoms with Crippen LogP contribution in [0.1, 0.15) is 59.3 Å². The van der Waals surface area contributed by atoms with Crippen molar-refractivity contribution in [2.75, 3.05) is 0 Å². The van der Waals surface area contributed by atoms with Gasteiger partial charge >= 0.3 is 5.97 Å². The van der Waals surface area contributed by atoms with Crippen LogP contribution in [-0.4, -0.2) is 34.7 Å². The fraction of sp³-hybridized carbons (Fsp3) is 0.875. The zero-order valence-corrected chi connectivity index (χ0v) is 13.2. The van der Waals surface area contributed by atoms with Crippen LogP contribution in [0.5, 0.6) is 0 Å². The van der Waals surface area contributed by atoms with E-state index >= 15 is 0 Å². The number of nitrogens with one attached hydrogen (secondary N) is 1. The molecule has 120 valence electrons. The molecule has 0 aromatic heterocycles. The first-order chi connectivity index (χ1) is 9.87. The highest BCUT2D eigenvalue weighted by atomic mass is 16.5. The lowest BCUT2D eigenvalue weighted by atomic mass is 9.85. The Kier molecular flexibility index (Phi) is 4.91. The van der Waals surface area contributed by atoms with Crippen molar-refractivity contribution in [2.45, 2.75) is 77.0 Å². The van der Waals surface area contributed by atoms with E-state index in [2.05, 4.69) is 5.32 Å². The first-order valence-corrected chi connectivity index (χ1v) is 8.08. The number of rotatable bonds is 3. The molecule has 1 amide bonds. The molecule has 5 nitrogen and oxygen atoms in total. The van der Waals surface area contributed by atoms with Gasteiger partial charge in [-0.15, -0.1) is 0 Å². The van der Waals surface area contributed by atoms with Crippen molar-refractivity contribution in [2.24, 2.45) is 11.8 Å². The monoisotopic (exact) mass is 297 g/mol. The fourth-order valence-electron chi connectivity index (χ4n) is 3.76. The van der Waals surface area contributed by atoms with Crippen LogP contribution >= 0.6 is 0 Å². The molecule has 2 aliphatic rings. The van der Waals surface area contributed by atoms with Gasteiger partial charge in [0.25, 0.3) is 0 Å². The van der Waals surface area contributed by atoms with Crippen LogP contribution < -0.4 is 5.32 Å². The molecule has 1 heterocycles. The summed E-state index contributed by atoms with van der Waals surface area (Å²) in [5.74, 6) is -1.22. The SMILES string of the molecule is CC1OC(C)C(C(=O)NC2(C(=O)O)CCCCCC2)C1C. The molecule has 1 saturated carbocycles. The van der Waals surface area contributed by atoms with Gasteiger partial charge in [0.1, 0.15) is 5.54 Å². The fourth-order valence-corrected chi connectivity index (χ4v) is 3.76. The van der Waals surface area contributed by atoms with Gasteiger partial charge in [0.05, 0.1) is 18.1 Å². The summed E-state index contributed by atoms with van der Waals surface area (Å²) in [5, 5.41) is 12.5. The Labute approximate surface area is 126 Å². The van der Waals surface area contributed by atoms with E-state index in [0.717, 1.165) is 25.7 Å². The van der Waals surface area contributed by atoms with Crippen molar-refractivity contribution in [1.82, 2.24) is 5.32 Å². The van der Waals surface area contributed by atoms with Gasteiger partial charge in [-0.2, -0.15) is 0 Å². The first kappa shape index (κ1) is 16.3. The maximum Gasteiger partial charge on any atom is 0.329 e. The third-order valence-corrected chi connectivity index (χ3v) is 5.27. The van der Waals surface area contributed by atoms with Gasteiger partial charge in [-0.1, -0.05) is 32.6 Å². The van der Waals surface area contributed by atoms with E-state index < -0.39 is 11.5 Å². The summed E-state index contributed by atoms with van der Waals surface area (Å²) in [6, 6.07) is 0. The van der Waals surface area contributed by atoms with Crippen LogP contribution in [0.4, 0.5) is 0 Å². The molecule has 1 aliphatic heterocycles. The Hall–Kier alpha value is -1.10.